The number of benzene rings is 2. The van der Waals surface area contributed by atoms with Crippen molar-refractivity contribution >= 4 is 21.9 Å². The molecule has 0 aliphatic carbocycles. The molecule has 0 radical (unpaired) electrons. The second kappa shape index (κ2) is 7.02. The quantitative estimate of drug-likeness (QED) is 0.805. The van der Waals surface area contributed by atoms with Crippen LogP contribution in [0.5, 0.6) is 11.5 Å². The lowest BCUT2D eigenvalue weighted by Crippen LogP contribution is -2.38. The van der Waals surface area contributed by atoms with E-state index in [0.29, 0.717) is 27.1 Å². The summed E-state index contributed by atoms with van der Waals surface area (Å²) in [6.07, 6.45) is -0.154. The monoisotopic (exact) mass is 380 g/mol. The van der Waals surface area contributed by atoms with E-state index in [9.17, 15) is 15.0 Å². The third-order valence-corrected chi connectivity index (χ3v) is 4.23. The molecule has 0 saturated heterocycles. The molecule has 0 saturated carbocycles. The van der Waals surface area contributed by atoms with Gasteiger partial charge in [0.25, 0.3) is 0 Å². The van der Waals surface area contributed by atoms with E-state index < -0.39 is 11.6 Å². The fourth-order valence-corrected chi connectivity index (χ4v) is 2.84. The van der Waals surface area contributed by atoms with Crippen LogP contribution in [0, 0.1) is 0 Å². The lowest BCUT2D eigenvalue weighted by Gasteiger charge is -2.25. The molecule has 1 unspecified atom stereocenters. The van der Waals surface area contributed by atoms with E-state index in [1.807, 2.05) is 0 Å². The molecular weight excluding hydrogens is 364 g/mol. The van der Waals surface area contributed by atoms with Crippen LogP contribution in [0.25, 0.3) is 0 Å². The molecule has 0 spiro atoms. The van der Waals surface area contributed by atoms with E-state index in [1.54, 1.807) is 42.5 Å². The van der Waals surface area contributed by atoms with Gasteiger partial charge in [-0.2, -0.15) is 0 Å². The number of halogens is 1. The van der Waals surface area contributed by atoms with Gasteiger partial charge >= 0.3 is 5.97 Å². The topological polar surface area (TPSA) is 76.0 Å². The van der Waals surface area contributed by atoms with Crippen molar-refractivity contribution < 1.29 is 24.5 Å². The van der Waals surface area contributed by atoms with Gasteiger partial charge in [-0.05, 0) is 33.6 Å². The fourth-order valence-electron chi connectivity index (χ4n) is 2.35. The summed E-state index contributed by atoms with van der Waals surface area (Å²) in [6.45, 7) is 0. The van der Waals surface area contributed by atoms with Gasteiger partial charge in [0.15, 0.2) is 5.60 Å². The van der Waals surface area contributed by atoms with Gasteiger partial charge in [0.1, 0.15) is 11.5 Å². The number of carboxylic acids is 1. The predicted molar refractivity (Wildman–Crippen MR) is 88.9 cm³/mol. The fraction of sp³-hybridized carbons (Fsp3) is 0.235. The average Bonchev–Trinajstić information content (AvgIpc) is 2.56. The van der Waals surface area contributed by atoms with Crippen LogP contribution in [-0.2, 0) is 16.8 Å². The van der Waals surface area contributed by atoms with Crippen molar-refractivity contribution in [2.75, 3.05) is 14.2 Å². The molecule has 6 heteroatoms. The number of methoxy groups -OCH3 is 2. The molecule has 0 heterocycles. The first-order valence-corrected chi connectivity index (χ1v) is 7.63. The van der Waals surface area contributed by atoms with E-state index >= 15 is 0 Å². The Morgan fingerprint density at radius 1 is 1.13 bits per heavy atom. The Hall–Kier alpha value is -2.05. The molecule has 0 bridgehead atoms. The molecule has 5 nitrogen and oxygen atoms in total. The Morgan fingerprint density at radius 3 is 2.26 bits per heavy atom. The van der Waals surface area contributed by atoms with Crippen LogP contribution in [0.4, 0.5) is 0 Å². The number of carbonyl (C=O) groups is 1. The molecule has 0 amide bonds. The van der Waals surface area contributed by atoms with E-state index in [1.165, 1.54) is 14.2 Å². The molecular formula is C17H17BrO5. The molecule has 1 atom stereocenters. The Labute approximate surface area is 142 Å². The highest BCUT2D eigenvalue weighted by Crippen LogP contribution is 2.36. The van der Waals surface area contributed by atoms with E-state index in [0.717, 1.165) is 0 Å². The van der Waals surface area contributed by atoms with Gasteiger partial charge < -0.3 is 19.7 Å². The lowest BCUT2D eigenvalue weighted by molar-refractivity contribution is -0.159. The number of hydrogen-bond donors (Lipinski definition) is 2. The molecule has 2 N–H and O–H groups in total. The van der Waals surface area contributed by atoms with Gasteiger partial charge in [-0.25, -0.2) is 4.79 Å². The molecule has 2 aromatic rings. The molecule has 23 heavy (non-hydrogen) atoms. The number of rotatable bonds is 6. The molecule has 0 aliphatic heterocycles. The van der Waals surface area contributed by atoms with E-state index in [4.69, 9.17) is 9.47 Å². The van der Waals surface area contributed by atoms with Crippen LogP contribution in [0.15, 0.2) is 46.9 Å². The minimum absolute atomic E-state index is 0.154. The summed E-state index contributed by atoms with van der Waals surface area (Å²) < 4.78 is 11.2. The third kappa shape index (κ3) is 3.48. The van der Waals surface area contributed by atoms with E-state index in [-0.39, 0.29) is 6.42 Å². The van der Waals surface area contributed by atoms with Crippen LogP contribution < -0.4 is 9.47 Å². The molecule has 122 valence electrons. The highest BCUT2D eigenvalue weighted by molar-refractivity contribution is 9.10. The molecule has 0 aromatic heterocycles. The zero-order chi connectivity index (χ0) is 17.0. The van der Waals surface area contributed by atoms with Gasteiger partial charge in [0.05, 0.1) is 18.7 Å². The number of ether oxygens (including phenoxy) is 2. The van der Waals surface area contributed by atoms with Gasteiger partial charge in [-0.3, -0.25) is 0 Å². The average molecular weight is 381 g/mol. The number of carboxylic acid groups (broad SMARTS) is 1. The summed E-state index contributed by atoms with van der Waals surface area (Å²) in [7, 11) is 3.00. The summed E-state index contributed by atoms with van der Waals surface area (Å²) in [5.74, 6) is -0.331. The second-order valence-electron chi connectivity index (χ2n) is 5.01. The molecule has 0 aliphatic rings. The van der Waals surface area contributed by atoms with Crippen LogP contribution in [0.2, 0.25) is 0 Å². The van der Waals surface area contributed by atoms with Crippen molar-refractivity contribution in [3.8, 4) is 11.5 Å². The zero-order valence-corrected chi connectivity index (χ0v) is 14.3. The van der Waals surface area contributed by atoms with Gasteiger partial charge in [0.2, 0.25) is 0 Å². The summed E-state index contributed by atoms with van der Waals surface area (Å²) in [5, 5.41) is 20.3. The third-order valence-electron chi connectivity index (χ3n) is 3.61. The number of aliphatic hydroxyl groups is 1. The molecule has 2 rings (SSSR count). The summed E-state index contributed by atoms with van der Waals surface area (Å²) >= 11 is 3.35. The van der Waals surface area contributed by atoms with Crippen LogP contribution in [0.1, 0.15) is 11.1 Å². The van der Waals surface area contributed by atoms with Crippen molar-refractivity contribution in [3.63, 3.8) is 0 Å². The number of aliphatic carboxylic acids is 1. The highest BCUT2D eigenvalue weighted by atomic mass is 79.9. The first-order chi connectivity index (χ1) is 10.9. The van der Waals surface area contributed by atoms with Crippen molar-refractivity contribution in [2.45, 2.75) is 12.0 Å². The Morgan fingerprint density at radius 2 is 1.74 bits per heavy atom. The van der Waals surface area contributed by atoms with Gasteiger partial charge in [0, 0.05) is 12.0 Å². The number of hydrogen-bond acceptors (Lipinski definition) is 4. The Balaban J connectivity index is 2.51. The van der Waals surface area contributed by atoms with Gasteiger partial charge in [-0.15, -0.1) is 0 Å². The van der Waals surface area contributed by atoms with Crippen molar-refractivity contribution in [1.82, 2.24) is 0 Å². The first kappa shape index (κ1) is 17.3. The highest BCUT2D eigenvalue weighted by Gasteiger charge is 2.39. The minimum Gasteiger partial charge on any atom is -0.496 e. The zero-order valence-electron chi connectivity index (χ0n) is 12.7. The standard InChI is InChI=1S/C17H17BrO5/c1-22-14-9-13(18)15(23-2)8-11(14)10-17(21,16(19)20)12-6-4-3-5-7-12/h3-9,21H,10H2,1-2H3,(H,19,20). The smallest absolute Gasteiger partial charge is 0.340 e. The normalized spacial score (nSPS) is 13.2. The second-order valence-corrected chi connectivity index (χ2v) is 5.86. The van der Waals surface area contributed by atoms with Crippen LogP contribution in [0.3, 0.4) is 0 Å². The maximum atomic E-state index is 11.7. The predicted octanol–water partition coefficient (Wildman–Crippen LogP) is 2.98. The van der Waals surface area contributed by atoms with Crippen molar-refractivity contribution in [1.29, 1.82) is 0 Å². The maximum Gasteiger partial charge on any atom is 0.340 e. The largest absolute Gasteiger partial charge is 0.496 e. The van der Waals surface area contributed by atoms with Crippen LogP contribution >= 0.6 is 15.9 Å². The minimum atomic E-state index is -2.06. The maximum absolute atomic E-state index is 11.7. The SMILES string of the molecule is COc1cc(CC(O)(C(=O)O)c2ccccc2)c(OC)cc1Br. The Kier molecular flexibility index (Phi) is 5.28. The summed E-state index contributed by atoms with van der Waals surface area (Å²) in [6, 6.07) is 11.6. The van der Waals surface area contributed by atoms with E-state index in [2.05, 4.69) is 15.9 Å². The van der Waals surface area contributed by atoms with Crippen molar-refractivity contribution in [2.24, 2.45) is 0 Å². The summed E-state index contributed by atoms with van der Waals surface area (Å²) in [5.41, 5.74) is -1.23. The van der Waals surface area contributed by atoms with Crippen molar-refractivity contribution in [3.05, 3.63) is 58.1 Å². The summed E-state index contributed by atoms with van der Waals surface area (Å²) in [4.78, 5) is 11.7. The lowest BCUT2D eigenvalue weighted by atomic mass is 9.87. The molecule has 0 fully saturated rings. The molecule has 2 aromatic carbocycles. The Bertz CT molecular complexity index is 702. The first-order valence-electron chi connectivity index (χ1n) is 6.84. The van der Waals surface area contributed by atoms with Gasteiger partial charge in [-0.1, -0.05) is 30.3 Å². The van der Waals surface area contributed by atoms with Crippen LogP contribution in [-0.4, -0.2) is 30.4 Å².